The maximum absolute atomic E-state index is 2.28. The van der Waals surface area contributed by atoms with Gasteiger partial charge in [-0.1, -0.05) is 0 Å². The molecule has 1 aromatic rings. The molecule has 0 aromatic heterocycles. The second-order valence-corrected chi connectivity index (χ2v) is 5.18. The normalized spacial score (nSPS) is 10.3. The van der Waals surface area contributed by atoms with E-state index in [1.807, 2.05) is 0 Å². The minimum atomic E-state index is 1.38. The number of anilines is 1. The molecular formula is C11H16NSn. The van der Waals surface area contributed by atoms with Gasteiger partial charge in [0.1, 0.15) is 0 Å². The van der Waals surface area contributed by atoms with Gasteiger partial charge in [0.25, 0.3) is 0 Å². The van der Waals surface area contributed by atoms with E-state index in [2.05, 4.69) is 45.8 Å². The molecule has 13 heavy (non-hydrogen) atoms. The molecular weight excluding hydrogens is 265 g/mol. The summed E-state index contributed by atoms with van der Waals surface area (Å²) >= 11 is 1.51. The molecule has 1 rings (SSSR count). The predicted octanol–water partition coefficient (Wildman–Crippen LogP) is 1.47. The Morgan fingerprint density at radius 3 is 2.08 bits per heavy atom. The van der Waals surface area contributed by atoms with Gasteiger partial charge < -0.3 is 0 Å². The summed E-state index contributed by atoms with van der Waals surface area (Å²) in [4.78, 5) is 2.21. The molecule has 0 bridgehead atoms. The minimum absolute atomic E-state index is 1.38. The van der Waals surface area contributed by atoms with Crippen molar-refractivity contribution in [1.29, 1.82) is 0 Å². The topological polar surface area (TPSA) is 3.24 Å². The summed E-state index contributed by atoms with van der Waals surface area (Å²) < 4.78 is 1.50. The van der Waals surface area contributed by atoms with Crippen molar-refractivity contribution in [3.63, 3.8) is 0 Å². The fourth-order valence-electron chi connectivity index (χ4n) is 1.86. The summed E-state index contributed by atoms with van der Waals surface area (Å²) in [6, 6.07) is 2.28. The Labute approximate surface area is 94.2 Å². The molecule has 0 saturated heterocycles. The Bertz CT molecular complexity index is 329. The molecule has 0 amide bonds. The average molecular weight is 281 g/mol. The molecule has 2 heteroatoms. The molecule has 0 fully saturated rings. The van der Waals surface area contributed by atoms with Crippen LogP contribution in [0.2, 0.25) is 0 Å². The van der Waals surface area contributed by atoms with Crippen molar-refractivity contribution in [2.24, 2.45) is 0 Å². The van der Waals surface area contributed by atoms with Crippen molar-refractivity contribution in [3.8, 4) is 0 Å². The number of benzene rings is 1. The van der Waals surface area contributed by atoms with E-state index >= 15 is 0 Å². The molecule has 0 aliphatic heterocycles. The van der Waals surface area contributed by atoms with Crippen LogP contribution in [0.5, 0.6) is 0 Å². The van der Waals surface area contributed by atoms with Gasteiger partial charge >= 0.3 is 94.3 Å². The van der Waals surface area contributed by atoms with Gasteiger partial charge in [-0.2, -0.15) is 0 Å². The first-order valence-electron chi connectivity index (χ1n) is 4.45. The van der Waals surface area contributed by atoms with Crippen LogP contribution in [0.4, 0.5) is 5.69 Å². The van der Waals surface area contributed by atoms with E-state index in [9.17, 15) is 0 Å². The zero-order valence-electron chi connectivity index (χ0n) is 9.02. The second kappa shape index (κ2) is 3.91. The molecule has 0 spiro atoms. The first kappa shape index (κ1) is 10.9. The van der Waals surface area contributed by atoms with Gasteiger partial charge in [-0.3, -0.25) is 0 Å². The third-order valence-electron chi connectivity index (χ3n) is 2.38. The monoisotopic (exact) mass is 282 g/mol. The van der Waals surface area contributed by atoms with E-state index in [0.29, 0.717) is 0 Å². The number of nitrogens with zero attached hydrogens (tertiary/aromatic N) is 1. The summed E-state index contributed by atoms with van der Waals surface area (Å²) in [5.74, 6) is 0. The number of rotatable bonds is 1. The van der Waals surface area contributed by atoms with Crippen LogP contribution in [-0.2, 0) is 0 Å². The van der Waals surface area contributed by atoms with Crippen LogP contribution < -0.4 is 8.48 Å². The molecule has 69 valence electrons. The standard InChI is InChI=1S/C11H16N.Sn/c1-8-6-9(2)11(12(4)5)10(3)7-8;/h6H,1-5H3;. The Morgan fingerprint density at radius 2 is 1.62 bits per heavy atom. The van der Waals surface area contributed by atoms with Gasteiger partial charge in [0.2, 0.25) is 0 Å². The van der Waals surface area contributed by atoms with E-state index < -0.39 is 0 Å². The summed E-state index contributed by atoms with van der Waals surface area (Å²) in [6.45, 7) is 6.60. The maximum atomic E-state index is 2.28. The molecule has 0 atom stereocenters. The number of hydrogen-bond acceptors (Lipinski definition) is 1. The van der Waals surface area contributed by atoms with Crippen LogP contribution in [0.1, 0.15) is 16.7 Å². The van der Waals surface area contributed by atoms with Crippen LogP contribution in [0, 0.1) is 20.8 Å². The van der Waals surface area contributed by atoms with E-state index in [-0.39, 0.29) is 0 Å². The van der Waals surface area contributed by atoms with Gasteiger partial charge in [0, 0.05) is 0 Å². The van der Waals surface area contributed by atoms with E-state index in [1.54, 1.807) is 0 Å². The predicted molar refractivity (Wildman–Crippen MR) is 60.4 cm³/mol. The summed E-state index contributed by atoms with van der Waals surface area (Å²) in [5.41, 5.74) is 5.64. The molecule has 0 heterocycles. The Hall–Kier alpha value is -0.181. The molecule has 0 unspecified atom stereocenters. The third-order valence-corrected chi connectivity index (χ3v) is 4.57. The van der Waals surface area contributed by atoms with Crippen molar-refractivity contribution in [1.82, 2.24) is 0 Å². The fraction of sp³-hybridized carbons (Fsp3) is 0.455. The van der Waals surface area contributed by atoms with Crippen molar-refractivity contribution < 1.29 is 0 Å². The molecule has 0 aliphatic rings. The van der Waals surface area contributed by atoms with Crippen LogP contribution in [0.15, 0.2) is 6.07 Å². The van der Waals surface area contributed by atoms with Gasteiger partial charge in [-0.15, -0.1) is 0 Å². The first-order chi connectivity index (χ1) is 5.95. The number of hydrogen-bond donors (Lipinski definition) is 0. The first-order valence-corrected chi connectivity index (χ1v) is 5.87. The van der Waals surface area contributed by atoms with Gasteiger partial charge in [0.05, 0.1) is 0 Å². The van der Waals surface area contributed by atoms with Crippen molar-refractivity contribution in [2.75, 3.05) is 19.0 Å². The van der Waals surface area contributed by atoms with E-state index in [0.717, 1.165) is 0 Å². The summed E-state index contributed by atoms with van der Waals surface area (Å²) in [7, 11) is 4.22. The Balaban J connectivity index is 3.44. The van der Waals surface area contributed by atoms with Crippen molar-refractivity contribution >= 4 is 31.8 Å². The third kappa shape index (κ3) is 2.01. The molecule has 1 aromatic carbocycles. The van der Waals surface area contributed by atoms with E-state index in [1.165, 1.54) is 48.5 Å². The molecule has 0 N–H and O–H groups in total. The van der Waals surface area contributed by atoms with Crippen LogP contribution in [0.25, 0.3) is 0 Å². The zero-order valence-corrected chi connectivity index (χ0v) is 11.9. The number of aryl methyl sites for hydroxylation is 2. The second-order valence-electron chi connectivity index (χ2n) is 3.75. The van der Waals surface area contributed by atoms with E-state index in [4.69, 9.17) is 0 Å². The van der Waals surface area contributed by atoms with Crippen LogP contribution >= 0.6 is 0 Å². The Kier molecular flexibility index (Phi) is 3.27. The van der Waals surface area contributed by atoms with Gasteiger partial charge in [-0.25, -0.2) is 0 Å². The average Bonchev–Trinajstić information content (AvgIpc) is 1.99. The molecule has 0 saturated carbocycles. The van der Waals surface area contributed by atoms with Gasteiger partial charge in [0.15, 0.2) is 0 Å². The van der Waals surface area contributed by atoms with Crippen molar-refractivity contribution in [3.05, 3.63) is 22.8 Å². The fourth-order valence-corrected chi connectivity index (χ4v) is 2.41. The van der Waals surface area contributed by atoms with Crippen molar-refractivity contribution in [2.45, 2.75) is 20.8 Å². The van der Waals surface area contributed by atoms with Crippen LogP contribution in [0.3, 0.4) is 0 Å². The zero-order chi connectivity index (χ0) is 10.2. The molecule has 1 nitrogen and oxygen atoms in total. The summed E-state index contributed by atoms with van der Waals surface area (Å²) in [6.07, 6.45) is 0. The quantitative estimate of drug-likeness (QED) is 0.705. The molecule has 3 radical (unpaired) electrons. The molecule has 0 aliphatic carbocycles. The SMILES string of the molecule is Cc1cc(C)c(N(C)C)c(C)[c]1[Sn]. The Morgan fingerprint density at radius 1 is 1.08 bits per heavy atom. The van der Waals surface area contributed by atoms with Crippen LogP contribution in [-0.4, -0.2) is 36.6 Å². The van der Waals surface area contributed by atoms with Gasteiger partial charge in [-0.05, 0) is 0 Å². The summed E-state index contributed by atoms with van der Waals surface area (Å²) in [5, 5.41) is 0.